The molecule has 1 heterocycles. The molecule has 0 aliphatic carbocycles. The lowest BCUT2D eigenvalue weighted by molar-refractivity contribution is 0.932. The third-order valence-corrected chi connectivity index (χ3v) is 1.71. The van der Waals surface area contributed by atoms with Gasteiger partial charge in [0.1, 0.15) is 5.82 Å². The molecule has 0 aliphatic rings. The van der Waals surface area contributed by atoms with Crippen LogP contribution in [0.2, 0.25) is 0 Å². The van der Waals surface area contributed by atoms with Crippen molar-refractivity contribution in [2.24, 2.45) is 5.11 Å². The quantitative estimate of drug-likeness (QED) is 0.404. The normalized spacial score (nSPS) is 9.38. The lowest BCUT2D eigenvalue weighted by atomic mass is 10.3. The molecular weight excluding hydrogens is 166 g/mol. The Bertz CT molecular complexity index is 340. The van der Waals surface area contributed by atoms with Crippen LogP contribution in [0.25, 0.3) is 10.4 Å². The van der Waals surface area contributed by atoms with Crippen molar-refractivity contribution in [3.63, 3.8) is 0 Å². The highest BCUT2D eigenvalue weighted by Gasteiger charge is 2.02. The number of nitrogens with zero attached hydrogens (tertiary/aromatic N) is 5. The Balaban J connectivity index is 3.17. The Kier molecular flexibility index (Phi) is 3.23. The SMILES string of the molecule is CCc1cnc(CC)c(N=[N+]=[N-])n1. The van der Waals surface area contributed by atoms with Crippen molar-refractivity contribution < 1.29 is 0 Å². The van der Waals surface area contributed by atoms with E-state index in [-0.39, 0.29) is 0 Å². The highest BCUT2D eigenvalue weighted by Crippen LogP contribution is 2.14. The average Bonchev–Trinajstić information content (AvgIpc) is 2.18. The van der Waals surface area contributed by atoms with E-state index >= 15 is 0 Å². The van der Waals surface area contributed by atoms with Crippen LogP contribution in [-0.2, 0) is 12.8 Å². The molecule has 13 heavy (non-hydrogen) atoms. The molecule has 0 aliphatic heterocycles. The molecule has 1 aromatic rings. The summed E-state index contributed by atoms with van der Waals surface area (Å²) in [7, 11) is 0. The number of rotatable bonds is 3. The van der Waals surface area contributed by atoms with Crippen molar-refractivity contribution >= 4 is 5.82 Å². The number of azide groups is 1. The summed E-state index contributed by atoms with van der Waals surface area (Å²) >= 11 is 0. The van der Waals surface area contributed by atoms with Gasteiger partial charge in [-0.3, -0.25) is 4.98 Å². The van der Waals surface area contributed by atoms with Gasteiger partial charge in [-0.25, -0.2) is 4.98 Å². The van der Waals surface area contributed by atoms with Crippen LogP contribution < -0.4 is 0 Å². The summed E-state index contributed by atoms with van der Waals surface area (Å²) in [5.74, 6) is 0.407. The zero-order valence-corrected chi connectivity index (χ0v) is 7.73. The molecular formula is C8H11N5. The fraction of sp³-hybridized carbons (Fsp3) is 0.500. The topological polar surface area (TPSA) is 74.5 Å². The highest BCUT2D eigenvalue weighted by atomic mass is 15.2. The lowest BCUT2D eigenvalue weighted by Crippen LogP contribution is -1.94. The van der Waals surface area contributed by atoms with Crippen LogP contribution >= 0.6 is 0 Å². The third kappa shape index (κ3) is 2.16. The van der Waals surface area contributed by atoms with Crippen molar-refractivity contribution in [2.45, 2.75) is 26.7 Å². The van der Waals surface area contributed by atoms with Crippen LogP contribution in [0.3, 0.4) is 0 Å². The Morgan fingerprint density at radius 3 is 2.77 bits per heavy atom. The van der Waals surface area contributed by atoms with E-state index < -0.39 is 0 Å². The zero-order valence-electron chi connectivity index (χ0n) is 7.73. The molecule has 0 spiro atoms. The molecule has 0 radical (unpaired) electrons. The van der Waals surface area contributed by atoms with Crippen LogP contribution in [-0.4, -0.2) is 9.97 Å². The van der Waals surface area contributed by atoms with Gasteiger partial charge in [0, 0.05) is 11.1 Å². The average molecular weight is 177 g/mol. The number of hydrogen-bond acceptors (Lipinski definition) is 3. The number of aromatic nitrogens is 2. The predicted octanol–water partition coefficient (Wildman–Crippen LogP) is 2.54. The van der Waals surface area contributed by atoms with Crippen LogP contribution in [0, 0.1) is 0 Å². The zero-order chi connectivity index (χ0) is 9.68. The molecule has 5 nitrogen and oxygen atoms in total. The van der Waals surface area contributed by atoms with E-state index in [2.05, 4.69) is 20.0 Å². The molecule has 1 aromatic heterocycles. The van der Waals surface area contributed by atoms with Crippen molar-refractivity contribution in [1.29, 1.82) is 0 Å². The standard InChI is InChI=1S/C8H11N5/c1-3-6-5-10-7(4-2)8(11-6)12-13-9/h5H,3-4H2,1-2H3. The molecule has 0 unspecified atom stereocenters. The monoisotopic (exact) mass is 177 g/mol. The maximum Gasteiger partial charge on any atom is 0.148 e. The molecule has 0 amide bonds. The minimum atomic E-state index is 0.407. The molecule has 0 bridgehead atoms. The second-order valence-electron chi connectivity index (χ2n) is 2.53. The van der Waals surface area contributed by atoms with E-state index in [1.54, 1.807) is 6.20 Å². The van der Waals surface area contributed by atoms with E-state index in [0.29, 0.717) is 5.82 Å². The van der Waals surface area contributed by atoms with E-state index in [4.69, 9.17) is 5.53 Å². The summed E-state index contributed by atoms with van der Waals surface area (Å²) in [5, 5.41) is 3.49. The Morgan fingerprint density at radius 2 is 2.23 bits per heavy atom. The first-order valence-electron chi connectivity index (χ1n) is 4.21. The van der Waals surface area contributed by atoms with Crippen molar-refractivity contribution in [3.05, 3.63) is 28.0 Å². The Morgan fingerprint density at radius 1 is 1.46 bits per heavy atom. The summed E-state index contributed by atoms with van der Waals surface area (Å²) in [4.78, 5) is 11.0. The first kappa shape index (κ1) is 9.48. The first-order chi connectivity index (χ1) is 6.31. The molecule has 0 fully saturated rings. The summed E-state index contributed by atoms with van der Waals surface area (Å²) in [6.07, 6.45) is 3.24. The van der Waals surface area contributed by atoms with E-state index in [0.717, 1.165) is 24.2 Å². The molecule has 0 saturated carbocycles. The molecule has 5 heteroatoms. The van der Waals surface area contributed by atoms with Gasteiger partial charge >= 0.3 is 0 Å². The molecule has 0 atom stereocenters. The van der Waals surface area contributed by atoms with Gasteiger partial charge in [-0.1, -0.05) is 13.8 Å². The van der Waals surface area contributed by atoms with E-state index in [9.17, 15) is 0 Å². The molecule has 1 rings (SSSR count). The third-order valence-electron chi connectivity index (χ3n) is 1.71. The minimum Gasteiger partial charge on any atom is -0.257 e. The van der Waals surface area contributed by atoms with Crippen LogP contribution in [0.1, 0.15) is 25.2 Å². The Hall–Kier alpha value is -1.61. The molecule has 68 valence electrons. The van der Waals surface area contributed by atoms with Gasteiger partial charge in [-0.15, -0.1) is 0 Å². The van der Waals surface area contributed by atoms with Crippen molar-refractivity contribution in [3.8, 4) is 0 Å². The van der Waals surface area contributed by atoms with Crippen molar-refractivity contribution in [1.82, 2.24) is 9.97 Å². The van der Waals surface area contributed by atoms with Crippen LogP contribution in [0.15, 0.2) is 11.3 Å². The minimum absolute atomic E-state index is 0.407. The van der Waals surface area contributed by atoms with E-state index in [1.807, 2.05) is 13.8 Å². The van der Waals surface area contributed by atoms with Gasteiger partial charge < -0.3 is 0 Å². The highest BCUT2D eigenvalue weighted by molar-refractivity contribution is 5.33. The summed E-state index contributed by atoms with van der Waals surface area (Å²) in [5.41, 5.74) is 9.89. The summed E-state index contributed by atoms with van der Waals surface area (Å²) < 4.78 is 0. The van der Waals surface area contributed by atoms with Crippen LogP contribution in [0.4, 0.5) is 5.82 Å². The first-order valence-corrected chi connectivity index (χ1v) is 4.21. The van der Waals surface area contributed by atoms with E-state index in [1.165, 1.54) is 0 Å². The van der Waals surface area contributed by atoms with Crippen molar-refractivity contribution in [2.75, 3.05) is 0 Å². The fourth-order valence-corrected chi connectivity index (χ4v) is 0.982. The second-order valence-corrected chi connectivity index (χ2v) is 2.53. The molecule has 0 N–H and O–H groups in total. The smallest absolute Gasteiger partial charge is 0.148 e. The van der Waals surface area contributed by atoms with Crippen LogP contribution in [0.5, 0.6) is 0 Å². The second kappa shape index (κ2) is 4.42. The van der Waals surface area contributed by atoms with Gasteiger partial charge in [-0.2, -0.15) is 0 Å². The van der Waals surface area contributed by atoms with Gasteiger partial charge in [0.15, 0.2) is 0 Å². The molecule has 0 saturated heterocycles. The number of aryl methyl sites for hydroxylation is 2. The van der Waals surface area contributed by atoms with Gasteiger partial charge in [-0.05, 0) is 23.5 Å². The number of hydrogen-bond donors (Lipinski definition) is 0. The fourth-order valence-electron chi connectivity index (χ4n) is 0.982. The largest absolute Gasteiger partial charge is 0.257 e. The maximum atomic E-state index is 8.29. The predicted molar refractivity (Wildman–Crippen MR) is 49.6 cm³/mol. The van der Waals surface area contributed by atoms with Gasteiger partial charge in [0.25, 0.3) is 0 Å². The Labute approximate surface area is 76.5 Å². The summed E-state index contributed by atoms with van der Waals surface area (Å²) in [6.45, 7) is 3.93. The molecule has 0 aromatic carbocycles. The summed E-state index contributed by atoms with van der Waals surface area (Å²) in [6, 6.07) is 0. The van der Waals surface area contributed by atoms with Gasteiger partial charge in [0.05, 0.1) is 11.4 Å². The lowest BCUT2D eigenvalue weighted by Gasteiger charge is -2.01. The maximum absolute atomic E-state index is 8.29. The van der Waals surface area contributed by atoms with Gasteiger partial charge in [0.2, 0.25) is 0 Å².